The van der Waals surface area contributed by atoms with Crippen LogP contribution in [0.5, 0.6) is 0 Å². The van der Waals surface area contributed by atoms with Gasteiger partial charge in [0.25, 0.3) is 0 Å². The molecule has 0 amide bonds. The number of hydrogen-bond donors (Lipinski definition) is 0. The van der Waals surface area contributed by atoms with Crippen LogP contribution in [0.2, 0.25) is 0 Å². The molecule has 0 aliphatic carbocycles. The molecule has 1 aromatic carbocycles. The Morgan fingerprint density at radius 1 is 1.16 bits per heavy atom. The molecule has 0 heterocycles. The van der Waals surface area contributed by atoms with Gasteiger partial charge >= 0.3 is 5.97 Å². The Hall–Kier alpha value is -0.930. The molecule has 0 N–H and O–H groups in total. The Balaban J connectivity index is 2.77. The predicted octanol–water partition coefficient (Wildman–Crippen LogP) is 6.36. The number of benzene rings is 1. The van der Waals surface area contributed by atoms with E-state index in [9.17, 15) is 4.79 Å². The van der Waals surface area contributed by atoms with E-state index in [0.29, 0.717) is 5.88 Å². The molecule has 0 aliphatic heterocycles. The summed E-state index contributed by atoms with van der Waals surface area (Å²) in [5, 5.41) is 0.201. The first-order valence-corrected chi connectivity index (χ1v) is 10.2. The van der Waals surface area contributed by atoms with Gasteiger partial charge in [-0.1, -0.05) is 39.0 Å². The number of carbonyl (C=O) groups excluding carboxylic acids is 1. The van der Waals surface area contributed by atoms with E-state index in [1.54, 1.807) is 17.8 Å². The number of hydrogen-bond acceptors (Lipinski definition) is 3. The lowest BCUT2D eigenvalue weighted by atomic mass is 9.87. The lowest BCUT2D eigenvalue weighted by molar-refractivity contribution is -0.148. The average Bonchev–Trinajstić information content (AvgIpc) is 2.48. The van der Waals surface area contributed by atoms with Gasteiger partial charge in [0, 0.05) is 22.1 Å². The molecule has 1 aromatic rings. The Morgan fingerprint density at radius 3 is 2.24 bits per heavy atom. The minimum atomic E-state index is -0.469. The molecule has 4 heteroatoms. The molecule has 0 fully saturated rings. The van der Waals surface area contributed by atoms with Gasteiger partial charge in [0.1, 0.15) is 5.60 Å². The van der Waals surface area contributed by atoms with E-state index in [1.165, 1.54) is 10.5 Å². The van der Waals surface area contributed by atoms with Crippen LogP contribution in [-0.2, 0) is 14.9 Å². The molecule has 0 spiro atoms. The molecule has 1 rings (SSSR count). The third kappa shape index (κ3) is 9.37. The van der Waals surface area contributed by atoms with E-state index < -0.39 is 5.60 Å². The number of halogens is 1. The second-order valence-corrected chi connectivity index (χ2v) is 9.85. The van der Waals surface area contributed by atoms with E-state index in [2.05, 4.69) is 45.0 Å². The maximum absolute atomic E-state index is 11.9. The first-order valence-electron chi connectivity index (χ1n) is 8.75. The van der Waals surface area contributed by atoms with E-state index in [1.807, 2.05) is 26.8 Å². The van der Waals surface area contributed by atoms with Crippen molar-refractivity contribution in [2.45, 2.75) is 75.5 Å². The smallest absolute Gasteiger partial charge is 0.330 e. The molecule has 0 aromatic heterocycles. The summed E-state index contributed by atoms with van der Waals surface area (Å²) in [6.07, 6.45) is 5.32. The zero-order valence-electron chi connectivity index (χ0n) is 16.3. The molecule has 1 atom stereocenters. The normalized spacial score (nSPS) is 13.9. The minimum Gasteiger partial charge on any atom is -0.457 e. The highest BCUT2D eigenvalue weighted by Crippen LogP contribution is 2.30. The SMILES string of the molecule is CC(C)(C)OC(=O)/C=C/[C@@H](CCCCl)Sc1ccc(C(C)(C)C)cc1. The topological polar surface area (TPSA) is 26.3 Å². The van der Waals surface area contributed by atoms with Crippen molar-refractivity contribution < 1.29 is 9.53 Å². The van der Waals surface area contributed by atoms with Gasteiger partial charge in [-0.05, 0) is 56.7 Å². The summed E-state index contributed by atoms with van der Waals surface area (Å²) in [5.74, 6) is 0.326. The van der Waals surface area contributed by atoms with Crippen LogP contribution in [0.4, 0.5) is 0 Å². The zero-order valence-corrected chi connectivity index (χ0v) is 17.8. The summed E-state index contributed by atoms with van der Waals surface area (Å²) in [4.78, 5) is 13.1. The molecule has 25 heavy (non-hydrogen) atoms. The van der Waals surface area contributed by atoms with Gasteiger partial charge in [-0.15, -0.1) is 23.4 Å². The van der Waals surface area contributed by atoms with Crippen molar-refractivity contribution in [3.63, 3.8) is 0 Å². The summed E-state index contributed by atoms with van der Waals surface area (Å²) in [7, 11) is 0. The molecule has 0 aliphatic rings. The fourth-order valence-corrected chi connectivity index (χ4v) is 3.44. The van der Waals surface area contributed by atoms with Crippen molar-refractivity contribution in [1.29, 1.82) is 0 Å². The lowest BCUT2D eigenvalue weighted by Gasteiger charge is -2.20. The van der Waals surface area contributed by atoms with Crippen LogP contribution < -0.4 is 0 Å². The summed E-state index contributed by atoms with van der Waals surface area (Å²) in [6.45, 7) is 12.2. The number of carbonyl (C=O) groups is 1. The largest absolute Gasteiger partial charge is 0.457 e. The highest BCUT2D eigenvalue weighted by atomic mass is 35.5. The Morgan fingerprint density at radius 2 is 1.76 bits per heavy atom. The van der Waals surface area contributed by atoms with E-state index in [4.69, 9.17) is 16.3 Å². The lowest BCUT2D eigenvalue weighted by Crippen LogP contribution is -2.22. The van der Waals surface area contributed by atoms with Crippen molar-refractivity contribution in [1.82, 2.24) is 0 Å². The van der Waals surface area contributed by atoms with Crippen LogP contribution >= 0.6 is 23.4 Å². The van der Waals surface area contributed by atoms with Crippen molar-refractivity contribution in [3.05, 3.63) is 42.0 Å². The molecule has 140 valence electrons. The van der Waals surface area contributed by atoms with Gasteiger partial charge in [0.15, 0.2) is 0 Å². The quantitative estimate of drug-likeness (QED) is 0.237. The van der Waals surface area contributed by atoms with Crippen LogP contribution in [0.25, 0.3) is 0 Å². The van der Waals surface area contributed by atoms with Gasteiger partial charge in [-0.3, -0.25) is 0 Å². The first-order chi connectivity index (χ1) is 11.5. The average molecular weight is 383 g/mol. The van der Waals surface area contributed by atoms with Crippen molar-refractivity contribution in [2.75, 3.05) is 5.88 Å². The number of ether oxygens (including phenoxy) is 1. The maximum Gasteiger partial charge on any atom is 0.330 e. The van der Waals surface area contributed by atoms with Crippen molar-refractivity contribution >= 4 is 29.3 Å². The van der Waals surface area contributed by atoms with Crippen LogP contribution in [0, 0.1) is 0 Å². The highest BCUT2D eigenvalue weighted by molar-refractivity contribution is 8.00. The van der Waals surface area contributed by atoms with Crippen molar-refractivity contribution in [2.24, 2.45) is 0 Å². The Labute approximate surface area is 162 Å². The maximum atomic E-state index is 11.9. The van der Waals surface area contributed by atoms with Gasteiger partial charge in [0.2, 0.25) is 0 Å². The summed E-state index contributed by atoms with van der Waals surface area (Å²) < 4.78 is 5.33. The number of rotatable bonds is 7. The summed E-state index contributed by atoms with van der Waals surface area (Å²) in [5.41, 5.74) is 0.999. The van der Waals surface area contributed by atoms with Crippen LogP contribution in [0.15, 0.2) is 41.3 Å². The minimum absolute atomic E-state index is 0.151. The van der Waals surface area contributed by atoms with E-state index >= 15 is 0 Å². The molecular formula is C21H31ClO2S. The van der Waals surface area contributed by atoms with Gasteiger partial charge in [0.05, 0.1) is 0 Å². The molecule has 0 saturated carbocycles. The zero-order chi connectivity index (χ0) is 19.1. The van der Waals surface area contributed by atoms with Gasteiger partial charge < -0.3 is 4.74 Å². The standard InChI is InChI=1S/C21H31ClO2S/c1-20(2,3)16-9-11-18(12-10-16)25-17(8-7-15-22)13-14-19(23)24-21(4,5)6/h9-14,17H,7-8,15H2,1-6H3/b14-13+/t17-/m1/s1. The van der Waals surface area contributed by atoms with Crippen LogP contribution in [0.1, 0.15) is 59.9 Å². The fraction of sp³-hybridized carbons (Fsp3) is 0.571. The predicted molar refractivity (Wildman–Crippen MR) is 110 cm³/mol. The summed E-state index contributed by atoms with van der Waals surface area (Å²) >= 11 is 7.60. The first kappa shape index (κ1) is 22.1. The molecule has 0 bridgehead atoms. The van der Waals surface area contributed by atoms with Crippen molar-refractivity contribution in [3.8, 4) is 0 Å². The number of esters is 1. The molecular weight excluding hydrogens is 352 g/mol. The molecule has 0 unspecified atom stereocenters. The number of alkyl halides is 1. The summed E-state index contributed by atoms with van der Waals surface area (Å²) in [6, 6.07) is 8.66. The second-order valence-electron chi connectivity index (χ2n) is 8.15. The molecule has 0 radical (unpaired) electrons. The highest BCUT2D eigenvalue weighted by Gasteiger charge is 2.16. The molecule has 0 saturated heterocycles. The Bertz CT molecular complexity index is 565. The van der Waals surface area contributed by atoms with Gasteiger partial charge in [-0.2, -0.15) is 0 Å². The van der Waals surface area contributed by atoms with Crippen LogP contribution in [-0.4, -0.2) is 22.7 Å². The van der Waals surface area contributed by atoms with Crippen LogP contribution in [0.3, 0.4) is 0 Å². The van der Waals surface area contributed by atoms with Gasteiger partial charge in [-0.25, -0.2) is 4.79 Å². The van der Waals surface area contributed by atoms with E-state index in [0.717, 1.165) is 12.8 Å². The fourth-order valence-electron chi connectivity index (χ4n) is 2.20. The third-order valence-electron chi connectivity index (χ3n) is 3.48. The number of thioether (sulfide) groups is 1. The molecule has 2 nitrogen and oxygen atoms in total. The van der Waals surface area contributed by atoms with E-state index in [-0.39, 0.29) is 16.6 Å². The Kier molecular flexibility index (Phi) is 8.56. The monoisotopic (exact) mass is 382 g/mol. The second kappa shape index (κ2) is 9.68. The third-order valence-corrected chi connectivity index (χ3v) is 4.99.